The molecule has 0 amide bonds. The molecule has 9 aromatic rings. The fraction of sp³-hybridized carbons (Fsp3) is 0.0476. The monoisotopic (exact) mass is 619 g/mol. The van der Waals surface area contributed by atoms with E-state index in [2.05, 4.69) is 103 Å². The Hall–Kier alpha value is -6.40. The molecule has 9 rings (SSSR count). The topological polar surface area (TPSA) is 69.6 Å². The van der Waals surface area contributed by atoms with Crippen LogP contribution in [0.5, 0.6) is 0 Å². The van der Waals surface area contributed by atoms with Gasteiger partial charge in [-0.3, -0.25) is 4.57 Å². The predicted molar refractivity (Wildman–Crippen MR) is 193 cm³/mol. The van der Waals surface area contributed by atoms with E-state index in [0.717, 1.165) is 66.3 Å². The summed E-state index contributed by atoms with van der Waals surface area (Å²) < 4.78 is 8.60. The van der Waals surface area contributed by atoms with Gasteiger partial charge >= 0.3 is 0 Å². The largest absolute Gasteiger partial charge is 0.435 e. The second-order valence-corrected chi connectivity index (χ2v) is 12.1. The first kappa shape index (κ1) is 27.9. The van der Waals surface area contributed by atoms with Crippen molar-refractivity contribution < 1.29 is 4.42 Å². The molecule has 228 valence electrons. The van der Waals surface area contributed by atoms with Gasteiger partial charge < -0.3 is 4.42 Å². The summed E-state index contributed by atoms with van der Waals surface area (Å²) in [4.78, 5) is 20.3. The molecule has 48 heavy (non-hydrogen) atoms. The lowest BCUT2D eigenvalue weighted by Crippen LogP contribution is -2.06. The minimum atomic E-state index is 0.515. The number of hydrogen-bond acceptors (Lipinski definition) is 5. The van der Waals surface area contributed by atoms with Crippen molar-refractivity contribution in [2.24, 2.45) is 0 Å². The SMILES string of the molecule is Cc1cc(C)cc(-c2nc(-c3cccc4nc(-c5ccccc5)oc34)nc(-n3c4ccccc4c4c(-c5ccccc5)cccc43)n2)c1. The summed E-state index contributed by atoms with van der Waals surface area (Å²) in [7, 11) is 0. The zero-order chi connectivity index (χ0) is 32.2. The molecule has 0 bridgehead atoms. The van der Waals surface area contributed by atoms with E-state index in [-0.39, 0.29) is 0 Å². The first-order valence-electron chi connectivity index (χ1n) is 16.0. The summed E-state index contributed by atoms with van der Waals surface area (Å²) in [6.07, 6.45) is 0. The second-order valence-electron chi connectivity index (χ2n) is 12.1. The van der Waals surface area contributed by atoms with Crippen molar-refractivity contribution in [1.82, 2.24) is 24.5 Å². The Morgan fingerprint density at radius 1 is 0.500 bits per heavy atom. The predicted octanol–water partition coefficient (Wildman–Crippen LogP) is 10.4. The molecule has 6 nitrogen and oxygen atoms in total. The standard InChI is InChI=1S/C42H29N5O/c1-26-23-27(2)25-30(24-26)39-44-40(33-19-11-20-34-38(33)48-41(43-34)29-15-7-4-8-16-29)46-42(45-39)47-35-21-10-9-17-32(35)37-31(18-12-22-36(37)47)28-13-5-3-6-14-28/h3-25H,1-2H3. The van der Waals surface area contributed by atoms with Gasteiger partial charge in [0.05, 0.1) is 16.6 Å². The molecule has 0 aliphatic heterocycles. The Kier molecular flexibility index (Phi) is 6.47. The molecule has 0 N–H and O–H groups in total. The van der Waals surface area contributed by atoms with Gasteiger partial charge in [-0.25, -0.2) is 9.97 Å². The number of aromatic nitrogens is 5. The van der Waals surface area contributed by atoms with E-state index in [1.54, 1.807) is 0 Å². The summed E-state index contributed by atoms with van der Waals surface area (Å²) in [6, 6.07) is 47.7. The molecular formula is C42H29N5O. The van der Waals surface area contributed by atoms with Crippen LogP contribution in [0.1, 0.15) is 11.1 Å². The van der Waals surface area contributed by atoms with E-state index in [0.29, 0.717) is 29.1 Å². The maximum absolute atomic E-state index is 6.44. The van der Waals surface area contributed by atoms with Crippen LogP contribution in [0.4, 0.5) is 0 Å². The number of rotatable bonds is 5. The lowest BCUT2D eigenvalue weighted by atomic mass is 9.99. The molecule has 0 fully saturated rings. The van der Waals surface area contributed by atoms with Gasteiger partial charge in [0, 0.05) is 21.9 Å². The van der Waals surface area contributed by atoms with Gasteiger partial charge in [-0.2, -0.15) is 9.97 Å². The molecule has 0 unspecified atom stereocenters. The van der Waals surface area contributed by atoms with Gasteiger partial charge in [0.2, 0.25) is 11.8 Å². The van der Waals surface area contributed by atoms with E-state index in [1.807, 2.05) is 54.6 Å². The quantitative estimate of drug-likeness (QED) is 0.192. The fourth-order valence-electron chi connectivity index (χ4n) is 6.74. The third-order valence-corrected chi connectivity index (χ3v) is 8.76. The fourth-order valence-corrected chi connectivity index (χ4v) is 6.74. The highest BCUT2D eigenvalue weighted by Gasteiger charge is 2.22. The number of oxazole rings is 1. The molecule has 0 saturated heterocycles. The second kappa shape index (κ2) is 11.1. The lowest BCUT2D eigenvalue weighted by Gasteiger charge is -2.12. The van der Waals surface area contributed by atoms with Crippen LogP contribution in [0, 0.1) is 13.8 Å². The van der Waals surface area contributed by atoms with Gasteiger partial charge in [-0.05, 0) is 73.5 Å². The van der Waals surface area contributed by atoms with Crippen molar-refractivity contribution in [3.8, 4) is 51.3 Å². The zero-order valence-electron chi connectivity index (χ0n) is 26.4. The van der Waals surface area contributed by atoms with Gasteiger partial charge in [0.15, 0.2) is 17.2 Å². The molecule has 3 heterocycles. The van der Waals surface area contributed by atoms with Crippen molar-refractivity contribution in [2.75, 3.05) is 0 Å². The van der Waals surface area contributed by atoms with Crippen LogP contribution >= 0.6 is 0 Å². The molecule has 0 spiro atoms. The van der Waals surface area contributed by atoms with Crippen molar-refractivity contribution in [2.45, 2.75) is 13.8 Å². The first-order chi connectivity index (χ1) is 23.6. The minimum Gasteiger partial charge on any atom is -0.435 e. The van der Waals surface area contributed by atoms with Crippen LogP contribution in [0.3, 0.4) is 0 Å². The first-order valence-corrected chi connectivity index (χ1v) is 16.0. The van der Waals surface area contributed by atoms with Crippen LogP contribution < -0.4 is 0 Å². The maximum atomic E-state index is 6.44. The van der Waals surface area contributed by atoms with E-state index < -0.39 is 0 Å². The van der Waals surface area contributed by atoms with Crippen molar-refractivity contribution in [3.05, 3.63) is 151 Å². The number of hydrogen-bond donors (Lipinski definition) is 0. The summed E-state index contributed by atoms with van der Waals surface area (Å²) in [6.45, 7) is 4.19. The van der Waals surface area contributed by atoms with E-state index in [1.165, 1.54) is 0 Å². The Balaban J connectivity index is 1.34. The van der Waals surface area contributed by atoms with Crippen LogP contribution in [0.15, 0.2) is 144 Å². The highest BCUT2D eigenvalue weighted by Crippen LogP contribution is 2.39. The van der Waals surface area contributed by atoms with Crippen molar-refractivity contribution in [1.29, 1.82) is 0 Å². The molecule has 3 aromatic heterocycles. The van der Waals surface area contributed by atoms with Gasteiger partial charge in [0.25, 0.3) is 0 Å². The van der Waals surface area contributed by atoms with Crippen molar-refractivity contribution in [3.63, 3.8) is 0 Å². The number of fused-ring (bicyclic) bond motifs is 4. The van der Waals surface area contributed by atoms with Crippen LogP contribution in [-0.4, -0.2) is 24.5 Å². The zero-order valence-corrected chi connectivity index (χ0v) is 26.4. The number of para-hydroxylation sites is 2. The lowest BCUT2D eigenvalue weighted by molar-refractivity contribution is 0.620. The Labute approximate surface area is 277 Å². The average Bonchev–Trinajstić information content (AvgIpc) is 3.72. The normalized spacial score (nSPS) is 11.5. The highest BCUT2D eigenvalue weighted by molar-refractivity contribution is 6.15. The Bertz CT molecular complexity index is 2620. The molecule has 6 aromatic carbocycles. The Morgan fingerprint density at radius 3 is 1.94 bits per heavy atom. The molecular weight excluding hydrogens is 590 g/mol. The number of nitrogens with zero attached hydrogens (tertiary/aromatic N) is 5. The van der Waals surface area contributed by atoms with Gasteiger partial charge in [-0.15, -0.1) is 0 Å². The summed E-state index contributed by atoms with van der Waals surface area (Å²) in [5.41, 5.74) is 10.6. The molecule has 0 saturated carbocycles. The van der Waals surface area contributed by atoms with Crippen molar-refractivity contribution >= 4 is 32.9 Å². The maximum Gasteiger partial charge on any atom is 0.238 e. The third kappa shape index (κ3) is 4.65. The molecule has 0 radical (unpaired) electrons. The smallest absolute Gasteiger partial charge is 0.238 e. The average molecular weight is 620 g/mol. The van der Waals surface area contributed by atoms with Crippen LogP contribution in [-0.2, 0) is 0 Å². The molecule has 0 atom stereocenters. The van der Waals surface area contributed by atoms with E-state index in [9.17, 15) is 0 Å². The number of benzene rings is 6. The van der Waals surface area contributed by atoms with Crippen LogP contribution in [0.2, 0.25) is 0 Å². The summed E-state index contributed by atoms with van der Waals surface area (Å²) in [5.74, 6) is 2.19. The summed E-state index contributed by atoms with van der Waals surface area (Å²) >= 11 is 0. The van der Waals surface area contributed by atoms with Gasteiger partial charge in [-0.1, -0.05) is 102 Å². The van der Waals surface area contributed by atoms with E-state index >= 15 is 0 Å². The molecule has 0 aliphatic rings. The Morgan fingerprint density at radius 2 is 1.15 bits per heavy atom. The van der Waals surface area contributed by atoms with E-state index in [4.69, 9.17) is 24.4 Å². The van der Waals surface area contributed by atoms with Gasteiger partial charge in [0.1, 0.15) is 5.52 Å². The molecule has 0 aliphatic carbocycles. The highest BCUT2D eigenvalue weighted by atomic mass is 16.3. The number of aryl methyl sites for hydroxylation is 2. The summed E-state index contributed by atoms with van der Waals surface area (Å²) in [5, 5.41) is 2.28. The minimum absolute atomic E-state index is 0.515. The third-order valence-electron chi connectivity index (χ3n) is 8.76. The molecule has 6 heteroatoms. The van der Waals surface area contributed by atoms with Crippen LogP contribution in [0.25, 0.3) is 84.2 Å².